The highest BCUT2D eigenvalue weighted by atomic mass is 16.3. The van der Waals surface area contributed by atoms with Crippen molar-refractivity contribution in [1.82, 2.24) is 0 Å². The van der Waals surface area contributed by atoms with Gasteiger partial charge in [0, 0.05) is 0 Å². The molecule has 128 valence electrons. The predicted octanol–water partition coefficient (Wildman–Crippen LogP) is 5.60. The summed E-state index contributed by atoms with van der Waals surface area (Å²) in [6.07, 6.45) is 15.8. The van der Waals surface area contributed by atoms with Crippen molar-refractivity contribution >= 4 is 0 Å². The van der Waals surface area contributed by atoms with E-state index in [2.05, 4.69) is 13.8 Å². The van der Waals surface area contributed by atoms with E-state index in [9.17, 15) is 10.2 Å². The Morgan fingerprint density at radius 3 is 1.67 bits per heavy atom. The van der Waals surface area contributed by atoms with Gasteiger partial charge in [0.05, 0.1) is 11.7 Å². The Morgan fingerprint density at radius 2 is 1.14 bits per heavy atom. The Kier molecular flexibility index (Phi) is 13.5. The molecule has 2 atom stereocenters. The first-order valence-corrected chi connectivity index (χ1v) is 9.45. The van der Waals surface area contributed by atoms with Crippen LogP contribution in [-0.4, -0.2) is 21.9 Å². The van der Waals surface area contributed by atoms with Crippen LogP contribution in [0.5, 0.6) is 0 Å². The van der Waals surface area contributed by atoms with Crippen molar-refractivity contribution in [3.63, 3.8) is 0 Å². The van der Waals surface area contributed by atoms with Gasteiger partial charge in [0.2, 0.25) is 0 Å². The molecule has 0 bridgehead atoms. The molecule has 0 rings (SSSR count). The third kappa shape index (κ3) is 12.2. The molecular weight excluding hydrogens is 260 g/mol. The number of aliphatic hydroxyl groups is 2. The summed E-state index contributed by atoms with van der Waals surface area (Å²) in [6, 6.07) is 0. The second-order valence-electron chi connectivity index (χ2n) is 6.95. The van der Waals surface area contributed by atoms with E-state index in [-0.39, 0.29) is 0 Å². The van der Waals surface area contributed by atoms with Crippen molar-refractivity contribution in [1.29, 1.82) is 0 Å². The molecule has 0 radical (unpaired) electrons. The quantitative estimate of drug-likeness (QED) is 0.386. The average molecular weight is 301 g/mol. The van der Waals surface area contributed by atoms with E-state index < -0.39 is 11.7 Å². The lowest BCUT2D eigenvalue weighted by atomic mass is 9.89. The first kappa shape index (κ1) is 20.9. The van der Waals surface area contributed by atoms with Gasteiger partial charge in [-0.15, -0.1) is 0 Å². The Morgan fingerprint density at radius 1 is 0.714 bits per heavy atom. The SMILES string of the molecule is CCCCCCCCCCC(O)C(C)(O)CCCCCC. The van der Waals surface area contributed by atoms with Crippen molar-refractivity contribution < 1.29 is 10.2 Å². The molecule has 0 aliphatic rings. The molecule has 0 aliphatic heterocycles. The molecule has 0 aromatic rings. The highest BCUT2D eigenvalue weighted by Crippen LogP contribution is 2.23. The van der Waals surface area contributed by atoms with Crippen LogP contribution >= 0.6 is 0 Å². The van der Waals surface area contributed by atoms with Crippen molar-refractivity contribution in [3.05, 3.63) is 0 Å². The molecule has 2 nitrogen and oxygen atoms in total. The molecular formula is C19H40O2. The topological polar surface area (TPSA) is 40.5 Å². The third-order valence-electron chi connectivity index (χ3n) is 4.59. The largest absolute Gasteiger partial charge is 0.390 e. The fourth-order valence-corrected chi connectivity index (χ4v) is 2.86. The van der Waals surface area contributed by atoms with Crippen LogP contribution in [0.15, 0.2) is 0 Å². The number of rotatable bonds is 15. The number of hydrogen-bond donors (Lipinski definition) is 2. The van der Waals surface area contributed by atoms with Crippen molar-refractivity contribution in [2.24, 2.45) is 0 Å². The van der Waals surface area contributed by atoms with E-state index in [0.29, 0.717) is 0 Å². The Bertz CT molecular complexity index is 214. The lowest BCUT2D eigenvalue weighted by Gasteiger charge is -2.29. The van der Waals surface area contributed by atoms with Crippen molar-refractivity contribution in [3.8, 4) is 0 Å². The summed E-state index contributed by atoms with van der Waals surface area (Å²) in [5.41, 5.74) is -0.894. The van der Waals surface area contributed by atoms with Crippen LogP contribution in [0.25, 0.3) is 0 Å². The summed E-state index contributed by atoms with van der Waals surface area (Å²) >= 11 is 0. The molecule has 0 fully saturated rings. The number of hydrogen-bond acceptors (Lipinski definition) is 2. The summed E-state index contributed by atoms with van der Waals surface area (Å²) in [6.45, 7) is 6.24. The molecule has 0 aliphatic carbocycles. The minimum absolute atomic E-state index is 0.556. The monoisotopic (exact) mass is 300 g/mol. The second-order valence-corrected chi connectivity index (χ2v) is 6.95. The van der Waals surface area contributed by atoms with E-state index in [1.54, 1.807) is 6.92 Å². The zero-order valence-electron chi connectivity index (χ0n) is 14.9. The normalized spacial score (nSPS) is 15.9. The highest BCUT2D eigenvalue weighted by Gasteiger charge is 2.28. The maximum atomic E-state index is 10.3. The van der Waals surface area contributed by atoms with Crippen LogP contribution in [0.2, 0.25) is 0 Å². The van der Waals surface area contributed by atoms with Gasteiger partial charge in [-0.25, -0.2) is 0 Å². The standard InChI is InChI=1S/C19H40O2/c1-4-6-8-10-11-12-13-14-16-18(20)19(3,21)17-15-9-7-5-2/h18,20-21H,4-17H2,1-3H3. The zero-order chi connectivity index (χ0) is 16.0. The molecule has 0 saturated heterocycles. The zero-order valence-corrected chi connectivity index (χ0v) is 14.9. The van der Waals surface area contributed by atoms with Gasteiger partial charge in [-0.05, 0) is 19.8 Å². The van der Waals surface area contributed by atoms with Crippen LogP contribution in [0.1, 0.15) is 111 Å². The molecule has 0 saturated carbocycles. The Balaban J connectivity index is 3.55. The second kappa shape index (κ2) is 13.6. The fourth-order valence-electron chi connectivity index (χ4n) is 2.86. The van der Waals surface area contributed by atoms with Gasteiger partial charge in [0.25, 0.3) is 0 Å². The van der Waals surface area contributed by atoms with Gasteiger partial charge in [0.15, 0.2) is 0 Å². The number of aliphatic hydroxyl groups excluding tert-OH is 1. The van der Waals surface area contributed by atoms with Gasteiger partial charge >= 0.3 is 0 Å². The summed E-state index contributed by atoms with van der Waals surface area (Å²) in [7, 11) is 0. The molecule has 0 aromatic carbocycles. The average Bonchev–Trinajstić information content (AvgIpc) is 2.46. The minimum Gasteiger partial charge on any atom is -0.390 e. The van der Waals surface area contributed by atoms with E-state index in [1.807, 2.05) is 0 Å². The molecule has 2 heteroatoms. The summed E-state index contributed by atoms with van der Waals surface area (Å²) in [5, 5.41) is 20.5. The van der Waals surface area contributed by atoms with Crippen molar-refractivity contribution in [2.45, 2.75) is 122 Å². The molecule has 21 heavy (non-hydrogen) atoms. The predicted molar refractivity (Wildman–Crippen MR) is 92.6 cm³/mol. The maximum absolute atomic E-state index is 10.3. The van der Waals surface area contributed by atoms with Crippen LogP contribution in [0, 0.1) is 0 Å². The first-order valence-electron chi connectivity index (χ1n) is 9.45. The van der Waals surface area contributed by atoms with Crippen LogP contribution < -0.4 is 0 Å². The number of unbranched alkanes of at least 4 members (excludes halogenated alkanes) is 10. The van der Waals surface area contributed by atoms with E-state index in [0.717, 1.165) is 32.1 Å². The fraction of sp³-hybridized carbons (Fsp3) is 1.00. The molecule has 0 aromatic heterocycles. The van der Waals surface area contributed by atoms with Gasteiger partial charge in [-0.3, -0.25) is 0 Å². The van der Waals surface area contributed by atoms with E-state index in [4.69, 9.17) is 0 Å². The van der Waals surface area contributed by atoms with E-state index >= 15 is 0 Å². The molecule has 0 heterocycles. The first-order chi connectivity index (χ1) is 10.0. The van der Waals surface area contributed by atoms with Gasteiger partial charge in [-0.2, -0.15) is 0 Å². The van der Waals surface area contributed by atoms with Crippen LogP contribution in [0.4, 0.5) is 0 Å². The summed E-state index contributed by atoms with van der Waals surface area (Å²) < 4.78 is 0. The Labute approximate surface area is 133 Å². The lowest BCUT2D eigenvalue weighted by molar-refractivity contribution is -0.0721. The van der Waals surface area contributed by atoms with Gasteiger partial charge in [-0.1, -0.05) is 90.9 Å². The highest BCUT2D eigenvalue weighted by molar-refractivity contribution is 4.81. The van der Waals surface area contributed by atoms with E-state index in [1.165, 1.54) is 57.8 Å². The smallest absolute Gasteiger partial charge is 0.0877 e. The third-order valence-corrected chi connectivity index (χ3v) is 4.59. The van der Waals surface area contributed by atoms with Gasteiger partial charge < -0.3 is 10.2 Å². The summed E-state index contributed by atoms with van der Waals surface area (Å²) in [4.78, 5) is 0. The van der Waals surface area contributed by atoms with Gasteiger partial charge in [0.1, 0.15) is 0 Å². The molecule has 0 amide bonds. The Hall–Kier alpha value is -0.0800. The molecule has 0 spiro atoms. The van der Waals surface area contributed by atoms with Crippen LogP contribution in [0.3, 0.4) is 0 Å². The van der Waals surface area contributed by atoms with Crippen LogP contribution in [-0.2, 0) is 0 Å². The summed E-state index contributed by atoms with van der Waals surface area (Å²) in [5.74, 6) is 0. The van der Waals surface area contributed by atoms with Crippen molar-refractivity contribution in [2.75, 3.05) is 0 Å². The lowest BCUT2D eigenvalue weighted by Crippen LogP contribution is -2.39. The molecule has 2 unspecified atom stereocenters. The maximum Gasteiger partial charge on any atom is 0.0877 e. The minimum atomic E-state index is -0.894. The molecule has 2 N–H and O–H groups in total.